The van der Waals surface area contributed by atoms with Gasteiger partial charge in [-0.1, -0.05) is 17.7 Å². The molecular formula is C21H27N3O5S. The van der Waals surface area contributed by atoms with Gasteiger partial charge in [0.15, 0.2) is 0 Å². The molecule has 0 saturated carbocycles. The molecule has 9 heteroatoms. The predicted molar refractivity (Wildman–Crippen MR) is 116 cm³/mol. The van der Waals surface area contributed by atoms with E-state index in [1.807, 2.05) is 19.1 Å². The summed E-state index contributed by atoms with van der Waals surface area (Å²) in [5.41, 5.74) is 3.47. The molecule has 0 unspecified atom stereocenters. The van der Waals surface area contributed by atoms with Gasteiger partial charge in [0.05, 0.1) is 12.0 Å². The van der Waals surface area contributed by atoms with Crippen molar-refractivity contribution >= 4 is 33.4 Å². The zero-order valence-corrected chi connectivity index (χ0v) is 18.6. The highest BCUT2D eigenvalue weighted by atomic mass is 32.2. The number of benzene rings is 2. The summed E-state index contributed by atoms with van der Waals surface area (Å²) in [5.74, 6) is -0.330. The highest BCUT2D eigenvalue weighted by Gasteiger charge is 2.20. The second-order valence-corrected chi connectivity index (χ2v) is 8.70. The lowest BCUT2D eigenvalue weighted by Gasteiger charge is -2.16. The van der Waals surface area contributed by atoms with Crippen molar-refractivity contribution in [2.75, 3.05) is 30.9 Å². The molecule has 162 valence electrons. The van der Waals surface area contributed by atoms with Crippen LogP contribution in [0.3, 0.4) is 0 Å². The molecule has 2 N–H and O–H groups in total. The van der Waals surface area contributed by atoms with Crippen molar-refractivity contribution in [1.29, 1.82) is 0 Å². The van der Waals surface area contributed by atoms with Gasteiger partial charge in [-0.25, -0.2) is 17.9 Å². The van der Waals surface area contributed by atoms with Gasteiger partial charge in [0, 0.05) is 31.4 Å². The zero-order chi connectivity index (χ0) is 22.5. The first-order valence-electron chi connectivity index (χ1n) is 9.34. The minimum Gasteiger partial charge on any atom is -0.452 e. The van der Waals surface area contributed by atoms with E-state index in [0.717, 1.165) is 5.56 Å². The molecule has 0 atom stereocenters. The van der Waals surface area contributed by atoms with E-state index in [9.17, 15) is 18.0 Å². The summed E-state index contributed by atoms with van der Waals surface area (Å²) < 4.78 is 32.4. The number of sulfonamides is 1. The van der Waals surface area contributed by atoms with Gasteiger partial charge in [-0.05, 0) is 56.2 Å². The Kier molecular flexibility index (Phi) is 7.58. The summed E-state index contributed by atoms with van der Waals surface area (Å²) in [6, 6.07) is 10.3. The third kappa shape index (κ3) is 5.80. The van der Waals surface area contributed by atoms with E-state index >= 15 is 0 Å². The van der Waals surface area contributed by atoms with Crippen molar-refractivity contribution in [3.63, 3.8) is 0 Å². The predicted octanol–water partition coefficient (Wildman–Crippen LogP) is 3.12. The molecule has 0 radical (unpaired) electrons. The molecule has 0 saturated heterocycles. The second kappa shape index (κ2) is 9.73. The van der Waals surface area contributed by atoms with E-state index in [2.05, 4.69) is 14.8 Å². The number of rotatable bonds is 7. The standard InChI is InChI=1S/C21H27N3O5S/c1-14-12-15(2)20(16(3)13-14)30(27,28)22-11-10-19(25)23-17-6-8-18(9-7-17)24(4)21(26)29-5/h6-9,12-13,22H,10-11H2,1-5H3,(H,23,25). The van der Waals surface area contributed by atoms with Crippen molar-refractivity contribution in [3.05, 3.63) is 53.1 Å². The number of nitrogens with zero attached hydrogens (tertiary/aromatic N) is 1. The number of methoxy groups -OCH3 is 1. The fraction of sp³-hybridized carbons (Fsp3) is 0.333. The number of carbonyl (C=O) groups is 2. The van der Waals surface area contributed by atoms with Gasteiger partial charge in [0.25, 0.3) is 0 Å². The average molecular weight is 434 g/mol. The number of aryl methyl sites for hydroxylation is 3. The van der Waals surface area contributed by atoms with Gasteiger partial charge in [0.1, 0.15) is 0 Å². The third-order valence-corrected chi connectivity index (χ3v) is 6.27. The van der Waals surface area contributed by atoms with Crippen molar-refractivity contribution in [2.24, 2.45) is 0 Å². The Balaban J connectivity index is 1.93. The van der Waals surface area contributed by atoms with Crippen LogP contribution >= 0.6 is 0 Å². The Morgan fingerprint density at radius 2 is 1.60 bits per heavy atom. The van der Waals surface area contributed by atoms with Gasteiger partial charge in [-0.3, -0.25) is 9.69 Å². The Labute approximate surface area is 177 Å². The van der Waals surface area contributed by atoms with Crippen molar-refractivity contribution in [1.82, 2.24) is 4.72 Å². The first-order chi connectivity index (χ1) is 14.0. The van der Waals surface area contributed by atoms with Gasteiger partial charge < -0.3 is 10.1 Å². The van der Waals surface area contributed by atoms with Gasteiger partial charge in [-0.15, -0.1) is 0 Å². The molecule has 2 aromatic rings. The fourth-order valence-electron chi connectivity index (χ4n) is 3.20. The summed E-state index contributed by atoms with van der Waals surface area (Å²) >= 11 is 0. The molecule has 0 heterocycles. The van der Waals surface area contributed by atoms with E-state index in [4.69, 9.17) is 0 Å². The molecule has 0 aliphatic carbocycles. The highest BCUT2D eigenvalue weighted by Crippen LogP contribution is 2.21. The first kappa shape index (κ1) is 23.4. The largest absolute Gasteiger partial charge is 0.452 e. The number of carbonyl (C=O) groups excluding carboxylic acids is 2. The third-order valence-electron chi connectivity index (χ3n) is 4.50. The molecule has 2 aromatic carbocycles. The average Bonchev–Trinajstić information content (AvgIpc) is 2.66. The minimum absolute atomic E-state index is 0.0208. The van der Waals surface area contributed by atoms with E-state index in [1.54, 1.807) is 45.2 Å². The molecule has 0 bridgehead atoms. The van der Waals surface area contributed by atoms with Crippen LogP contribution < -0.4 is 14.9 Å². The Bertz CT molecular complexity index is 1010. The van der Waals surface area contributed by atoms with Gasteiger partial charge >= 0.3 is 6.09 Å². The molecule has 8 nitrogen and oxygen atoms in total. The summed E-state index contributed by atoms with van der Waals surface area (Å²) in [6.07, 6.45) is -0.523. The van der Waals surface area contributed by atoms with E-state index in [0.29, 0.717) is 22.5 Å². The van der Waals surface area contributed by atoms with Crippen molar-refractivity contribution in [3.8, 4) is 0 Å². The molecule has 0 aromatic heterocycles. The highest BCUT2D eigenvalue weighted by molar-refractivity contribution is 7.89. The Morgan fingerprint density at radius 3 is 2.13 bits per heavy atom. The van der Waals surface area contributed by atoms with Crippen molar-refractivity contribution in [2.45, 2.75) is 32.1 Å². The van der Waals surface area contributed by atoms with E-state index in [1.165, 1.54) is 12.0 Å². The maximum atomic E-state index is 12.6. The van der Waals surface area contributed by atoms with Crippen LogP contribution in [0, 0.1) is 20.8 Å². The fourth-order valence-corrected chi connectivity index (χ4v) is 4.68. The number of hydrogen-bond donors (Lipinski definition) is 2. The van der Waals surface area contributed by atoms with Crippen LogP contribution in [0.25, 0.3) is 0 Å². The molecule has 2 rings (SSSR count). The van der Waals surface area contributed by atoms with Crippen LogP contribution in [-0.2, 0) is 19.6 Å². The quantitative estimate of drug-likeness (QED) is 0.698. The lowest BCUT2D eigenvalue weighted by molar-refractivity contribution is -0.116. The van der Waals surface area contributed by atoms with Crippen molar-refractivity contribution < 1.29 is 22.7 Å². The molecule has 0 spiro atoms. The lowest BCUT2D eigenvalue weighted by Crippen LogP contribution is -2.29. The molecule has 0 aliphatic rings. The van der Waals surface area contributed by atoms with E-state index < -0.39 is 16.1 Å². The van der Waals surface area contributed by atoms with Gasteiger partial charge in [0.2, 0.25) is 15.9 Å². The van der Waals surface area contributed by atoms with Crippen LogP contribution in [0.4, 0.5) is 16.2 Å². The Morgan fingerprint density at radius 1 is 1.03 bits per heavy atom. The number of amides is 2. The smallest absolute Gasteiger partial charge is 0.413 e. The van der Waals surface area contributed by atoms with Crippen LogP contribution in [0.15, 0.2) is 41.3 Å². The number of hydrogen-bond acceptors (Lipinski definition) is 5. The van der Waals surface area contributed by atoms with Gasteiger partial charge in [-0.2, -0.15) is 0 Å². The summed E-state index contributed by atoms with van der Waals surface area (Å²) in [4.78, 5) is 25.2. The van der Waals surface area contributed by atoms with Crippen LogP contribution in [0.5, 0.6) is 0 Å². The molecule has 0 aliphatic heterocycles. The maximum Gasteiger partial charge on any atom is 0.413 e. The van der Waals surface area contributed by atoms with E-state index in [-0.39, 0.29) is 23.8 Å². The molecular weight excluding hydrogens is 406 g/mol. The minimum atomic E-state index is -3.71. The second-order valence-electron chi connectivity index (χ2n) is 7.00. The molecule has 2 amide bonds. The van der Waals surface area contributed by atoms with Crippen LogP contribution in [-0.4, -0.2) is 41.1 Å². The number of ether oxygens (including phenoxy) is 1. The SMILES string of the molecule is COC(=O)N(C)c1ccc(NC(=O)CCNS(=O)(=O)c2c(C)cc(C)cc2C)cc1. The first-order valence-corrected chi connectivity index (χ1v) is 10.8. The van der Waals surface area contributed by atoms with Crippen LogP contribution in [0.2, 0.25) is 0 Å². The summed E-state index contributed by atoms with van der Waals surface area (Å²) in [5, 5.41) is 2.70. The lowest BCUT2D eigenvalue weighted by atomic mass is 10.1. The monoisotopic (exact) mass is 433 g/mol. The normalized spacial score (nSPS) is 11.1. The summed E-state index contributed by atoms with van der Waals surface area (Å²) in [6.45, 7) is 5.39. The topological polar surface area (TPSA) is 105 Å². The summed E-state index contributed by atoms with van der Waals surface area (Å²) in [7, 11) is -0.845. The zero-order valence-electron chi connectivity index (χ0n) is 17.8. The van der Waals surface area contributed by atoms with Crippen LogP contribution in [0.1, 0.15) is 23.1 Å². The number of anilines is 2. The molecule has 30 heavy (non-hydrogen) atoms. The number of nitrogens with one attached hydrogen (secondary N) is 2. The maximum absolute atomic E-state index is 12.6. The molecule has 0 fully saturated rings. The Hall–Kier alpha value is -2.91.